The molecule has 88 valence electrons. The number of hydrogen-bond acceptors (Lipinski definition) is 3. The van der Waals surface area contributed by atoms with E-state index in [1.54, 1.807) is 0 Å². The van der Waals surface area contributed by atoms with Gasteiger partial charge in [-0.2, -0.15) is 0 Å². The minimum atomic E-state index is -0.154. The highest BCUT2D eigenvalue weighted by atomic mass is 16.3. The van der Waals surface area contributed by atoms with E-state index in [2.05, 4.69) is 16.7 Å². The molecule has 0 spiro atoms. The molecule has 0 radical (unpaired) electrons. The third kappa shape index (κ3) is 2.71. The fourth-order valence-electron chi connectivity index (χ4n) is 2.91. The molecule has 3 heteroatoms. The van der Waals surface area contributed by atoms with Crippen molar-refractivity contribution in [1.82, 2.24) is 9.80 Å². The van der Waals surface area contributed by atoms with Crippen LogP contribution in [0, 0.1) is 0 Å². The first-order chi connectivity index (χ1) is 7.16. The smallest absolute Gasteiger partial charge is 0.0524 e. The van der Waals surface area contributed by atoms with E-state index in [1.165, 1.54) is 32.5 Å². The number of fused-ring (bicyclic) bond motifs is 1. The Morgan fingerprint density at radius 3 is 2.93 bits per heavy atom. The lowest BCUT2D eigenvalue weighted by atomic mass is 10.1. The van der Waals surface area contributed by atoms with Crippen LogP contribution in [0.15, 0.2) is 0 Å². The number of aliphatic hydroxyl groups excluding tert-OH is 1. The Morgan fingerprint density at radius 1 is 1.40 bits per heavy atom. The topological polar surface area (TPSA) is 26.7 Å². The molecular weight excluding hydrogens is 188 g/mol. The predicted molar refractivity (Wildman–Crippen MR) is 61.9 cm³/mol. The lowest BCUT2D eigenvalue weighted by Crippen LogP contribution is -2.55. The number of hydrogen-bond donors (Lipinski definition) is 1. The Balaban J connectivity index is 1.84. The molecule has 2 aliphatic heterocycles. The first-order valence-corrected chi connectivity index (χ1v) is 6.33. The summed E-state index contributed by atoms with van der Waals surface area (Å²) in [6.07, 6.45) is 3.51. The normalized spacial score (nSPS) is 35.4. The molecule has 0 bridgehead atoms. The highest BCUT2D eigenvalue weighted by molar-refractivity contribution is 4.90. The van der Waals surface area contributed by atoms with Crippen molar-refractivity contribution in [2.24, 2.45) is 0 Å². The van der Waals surface area contributed by atoms with Gasteiger partial charge in [0.15, 0.2) is 0 Å². The van der Waals surface area contributed by atoms with Crippen molar-refractivity contribution in [3.63, 3.8) is 0 Å². The Morgan fingerprint density at radius 2 is 2.20 bits per heavy atom. The molecule has 2 heterocycles. The van der Waals surface area contributed by atoms with Crippen LogP contribution in [0.2, 0.25) is 0 Å². The molecule has 1 N–H and O–H groups in total. The maximum Gasteiger partial charge on any atom is 0.0524 e. The minimum absolute atomic E-state index is 0.154. The second-order valence-corrected chi connectivity index (χ2v) is 5.27. The van der Waals surface area contributed by atoms with Crippen LogP contribution in [0.5, 0.6) is 0 Å². The molecule has 0 saturated carbocycles. The quantitative estimate of drug-likeness (QED) is 0.754. The fraction of sp³-hybridized carbons (Fsp3) is 1.00. The van der Waals surface area contributed by atoms with Gasteiger partial charge in [-0.1, -0.05) is 0 Å². The molecule has 0 aromatic rings. The van der Waals surface area contributed by atoms with E-state index in [-0.39, 0.29) is 6.10 Å². The van der Waals surface area contributed by atoms with Crippen molar-refractivity contribution in [3.05, 3.63) is 0 Å². The Bertz CT molecular complexity index is 208. The van der Waals surface area contributed by atoms with Crippen LogP contribution < -0.4 is 0 Å². The first-order valence-electron chi connectivity index (χ1n) is 6.33. The largest absolute Gasteiger partial charge is 0.393 e. The van der Waals surface area contributed by atoms with Gasteiger partial charge in [-0.25, -0.2) is 0 Å². The van der Waals surface area contributed by atoms with Crippen LogP contribution in [0.3, 0.4) is 0 Å². The van der Waals surface area contributed by atoms with E-state index < -0.39 is 0 Å². The van der Waals surface area contributed by atoms with Crippen LogP contribution in [-0.2, 0) is 0 Å². The Kier molecular flexibility index (Phi) is 3.65. The van der Waals surface area contributed by atoms with E-state index in [0.29, 0.717) is 6.04 Å². The summed E-state index contributed by atoms with van der Waals surface area (Å²) in [5.41, 5.74) is 0. The van der Waals surface area contributed by atoms with Gasteiger partial charge in [-0.3, -0.25) is 9.80 Å². The summed E-state index contributed by atoms with van der Waals surface area (Å²) >= 11 is 0. The van der Waals surface area contributed by atoms with Gasteiger partial charge < -0.3 is 5.11 Å². The van der Waals surface area contributed by atoms with Crippen molar-refractivity contribution in [2.75, 3.05) is 26.2 Å². The standard InChI is InChI=1S/C12H24N2O/c1-10-8-14-6-3-4-12(14)9-13(10)7-5-11(2)15/h10-12,15H,3-9H2,1-2H3. The lowest BCUT2D eigenvalue weighted by molar-refractivity contribution is 0.0482. The summed E-state index contributed by atoms with van der Waals surface area (Å²) in [5, 5.41) is 9.32. The van der Waals surface area contributed by atoms with Crippen molar-refractivity contribution in [2.45, 2.75) is 51.3 Å². The van der Waals surface area contributed by atoms with E-state index in [4.69, 9.17) is 0 Å². The van der Waals surface area contributed by atoms with Gasteiger partial charge in [0.1, 0.15) is 0 Å². The van der Waals surface area contributed by atoms with Crippen molar-refractivity contribution < 1.29 is 5.11 Å². The van der Waals surface area contributed by atoms with Crippen molar-refractivity contribution in [1.29, 1.82) is 0 Å². The van der Waals surface area contributed by atoms with Gasteiger partial charge in [0.25, 0.3) is 0 Å². The molecule has 0 amide bonds. The molecule has 15 heavy (non-hydrogen) atoms. The average molecular weight is 212 g/mol. The monoisotopic (exact) mass is 212 g/mol. The third-order valence-corrected chi connectivity index (χ3v) is 3.90. The molecular formula is C12H24N2O. The Labute approximate surface area is 93.1 Å². The van der Waals surface area contributed by atoms with Gasteiger partial charge in [0.05, 0.1) is 6.10 Å². The molecule has 0 aromatic heterocycles. The van der Waals surface area contributed by atoms with E-state index in [9.17, 15) is 5.11 Å². The highest BCUT2D eigenvalue weighted by Gasteiger charge is 2.33. The molecule has 0 aliphatic carbocycles. The summed E-state index contributed by atoms with van der Waals surface area (Å²) in [7, 11) is 0. The second-order valence-electron chi connectivity index (χ2n) is 5.27. The average Bonchev–Trinajstić information content (AvgIpc) is 2.60. The van der Waals surface area contributed by atoms with E-state index >= 15 is 0 Å². The zero-order valence-electron chi connectivity index (χ0n) is 10.0. The lowest BCUT2D eigenvalue weighted by Gasteiger charge is -2.42. The minimum Gasteiger partial charge on any atom is -0.393 e. The zero-order valence-corrected chi connectivity index (χ0v) is 10.0. The second kappa shape index (κ2) is 4.81. The first kappa shape index (κ1) is 11.4. The van der Waals surface area contributed by atoms with Crippen LogP contribution in [0.1, 0.15) is 33.1 Å². The maximum absolute atomic E-state index is 9.32. The molecule has 2 aliphatic rings. The van der Waals surface area contributed by atoms with E-state index in [0.717, 1.165) is 19.0 Å². The van der Waals surface area contributed by atoms with Crippen LogP contribution >= 0.6 is 0 Å². The van der Waals surface area contributed by atoms with Gasteiger partial charge in [-0.15, -0.1) is 0 Å². The summed E-state index contributed by atoms with van der Waals surface area (Å²) in [5.74, 6) is 0. The zero-order chi connectivity index (χ0) is 10.8. The molecule has 2 rings (SSSR count). The molecule has 2 fully saturated rings. The predicted octanol–water partition coefficient (Wildman–Crippen LogP) is 0.926. The van der Waals surface area contributed by atoms with Gasteiger partial charge in [0.2, 0.25) is 0 Å². The van der Waals surface area contributed by atoms with Gasteiger partial charge in [0, 0.05) is 31.7 Å². The highest BCUT2D eigenvalue weighted by Crippen LogP contribution is 2.24. The summed E-state index contributed by atoms with van der Waals surface area (Å²) in [4.78, 5) is 5.20. The number of aliphatic hydroxyl groups is 1. The van der Waals surface area contributed by atoms with Crippen molar-refractivity contribution in [3.8, 4) is 0 Å². The molecule has 3 nitrogen and oxygen atoms in total. The number of piperazine rings is 1. The molecule has 0 aromatic carbocycles. The van der Waals surface area contributed by atoms with Crippen molar-refractivity contribution >= 4 is 0 Å². The summed E-state index contributed by atoms with van der Waals surface area (Å²) in [6.45, 7) is 9.01. The van der Waals surface area contributed by atoms with Gasteiger partial charge >= 0.3 is 0 Å². The maximum atomic E-state index is 9.32. The SMILES string of the molecule is CC(O)CCN1CC2CCCN2CC1C. The third-order valence-electron chi connectivity index (χ3n) is 3.90. The fourth-order valence-corrected chi connectivity index (χ4v) is 2.91. The summed E-state index contributed by atoms with van der Waals surface area (Å²) < 4.78 is 0. The number of nitrogens with zero attached hydrogens (tertiary/aromatic N) is 2. The van der Waals surface area contributed by atoms with Crippen LogP contribution in [0.4, 0.5) is 0 Å². The Hall–Kier alpha value is -0.120. The summed E-state index contributed by atoms with van der Waals surface area (Å²) in [6, 6.07) is 1.47. The number of rotatable bonds is 3. The molecule has 3 unspecified atom stereocenters. The van der Waals surface area contributed by atoms with Crippen LogP contribution in [-0.4, -0.2) is 59.3 Å². The molecule has 3 atom stereocenters. The van der Waals surface area contributed by atoms with Gasteiger partial charge in [-0.05, 0) is 39.7 Å². The van der Waals surface area contributed by atoms with E-state index in [1.807, 2.05) is 6.92 Å². The molecule has 2 saturated heterocycles. The van der Waals surface area contributed by atoms with Crippen LogP contribution in [0.25, 0.3) is 0 Å².